The van der Waals surface area contributed by atoms with E-state index in [9.17, 15) is 29.1 Å². The first-order valence-electron chi connectivity index (χ1n) is 22.3. The van der Waals surface area contributed by atoms with Gasteiger partial charge in [0.2, 0.25) is 17.7 Å². The number of rotatable bonds is 11. The Morgan fingerprint density at radius 2 is 1.70 bits per heavy atom. The van der Waals surface area contributed by atoms with Crippen LogP contribution in [0.15, 0.2) is 72.5 Å². The number of anilines is 3. The van der Waals surface area contributed by atoms with Crippen molar-refractivity contribution in [3.63, 3.8) is 0 Å². The molecule has 10 rings (SSSR count). The van der Waals surface area contributed by atoms with Crippen LogP contribution in [0, 0.1) is 11.6 Å². The zero-order valence-corrected chi connectivity index (χ0v) is 36.8. The number of hydrogen-bond donors (Lipinski definition) is 4. The third-order valence-corrected chi connectivity index (χ3v) is 14.3. The van der Waals surface area contributed by atoms with Gasteiger partial charge in [-0.1, -0.05) is 18.2 Å². The average molecular weight is 919 g/mol. The molecule has 0 spiro atoms. The van der Waals surface area contributed by atoms with Crippen LogP contribution >= 0.6 is 11.3 Å². The standard InChI is InChI=1S/C47H48F2N10O6S/c48-35-23-29(22-32-33(35)25-59(45(32)64)42(44(63)54-46-50-13-21-66-46)41-38-2-1-14-58(38)27-51-41)28-3-6-31(7-4-28)56-17-19-57(20-18-56)40(61)26-55-15-11-47(65,12-16-55)34-8-5-30(24-36(34)49)52-37-9-10-39(60)53-43(37)62/h3-8,13,21-24,27,37,42,52,65H,1-2,9-12,14-20,25-26H2,(H,50,54,63)(H,53,60,62). The number of fused-ring (bicyclic) bond motifs is 2. The molecule has 2 unspecified atom stereocenters. The second kappa shape index (κ2) is 17.7. The summed E-state index contributed by atoms with van der Waals surface area (Å²) in [6.07, 6.45) is 5.90. The second-order valence-electron chi connectivity index (χ2n) is 17.6. The van der Waals surface area contributed by atoms with Crippen molar-refractivity contribution in [2.45, 2.75) is 69.3 Å². The number of benzene rings is 3. The van der Waals surface area contributed by atoms with Crippen LogP contribution in [-0.2, 0) is 44.3 Å². The number of amides is 5. The highest BCUT2D eigenvalue weighted by Crippen LogP contribution is 2.39. The molecule has 0 saturated carbocycles. The number of nitrogens with one attached hydrogen (secondary N) is 3. The van der Waals surface area contributed by atoms with Gasteiger partial charge in [-0.15, -0.1) is 11.3 Å². The molecule has 3 fully saturated rings. The predicted molar refractivity (Wildman–Crippen MR) is 240 cm³/mol. The Hall–Kier alpha value is -6.57. The highest BCUT2D eigenvalue weighted by molar-refractivity contribution is 7.13. The Bertz CT molecular complexity index is 2710. The van der Waals surface area contributed by atoms with E-state index in [0.717, 1.165) is 36.3 Å². The van der Waals surface area contributed by atoms with Gasteiger partial charge in [0.25, 0.3) is 11.8 Å². The number of carbonyl (C=O) groups is 5. The van der Waals surface area contributed by atoms with E-state index in [1.54, 1.807) is 30.0 Å². The molecule has 5 amide bonds. The van der Waals surface area contributed by atoms with Gasteiger partial charge in [-0.2, -0.15) is 0 Å². The number of thiazole rings is 1. The summed E-state index contributed by atoms with van der Waals surface area (Å²) in [6, 6.07) is 13.5. The third kappa shape index (κ3) is 8.41. The Balaban J connectivity index is 0.731. The Kier molecular flexibility index (Phi) is 11.6. The van der Waals surface area contributed by atoms with Crippen molar-refractivity contribution in [1.82, 2.24) is 34.6 Å². The van der Waals surface area contributed by atoms with Gasteiger partial charge in [0.1, 0.15) is 17.7 Å². The van der Waals surface area contributed by atoms with Crippen LogP contribution < -0.4 is 20.9 Å². The van der Waals surface area contributed by atoms with Gasteiger partial charge in [-0.25, -0.2) is 18.7 Å². The summed E-state index contributed by atoms with van der Waals surface area (Å²) < 4.78 is 33.3. The van der Waals surface area contributed by atoms with Gasteiger partial charge in [-0.05, 0) is 79.6 Å². The van der Waals surface area contributed by atoms with Crippen LogP contribution in [0.5, 0.6) is 0 Å². The van der Waals surface area contributed by atoms with Crippen molar-refractivity contribution in [3.8, 4) is 11.1 Å². The maximum absolute atomic E-state index is 16.0. The van der Waals surface area contributed by atoms with Crippen molar-refractivity contribution < 1.29 is 37.9 Å². The first-order chi connectivity index (χ1) is 31.9. The Morgan fingerprint density at radius 1 is 0.909 bits per heavy atom. The molecule has 0 aliphatic carbocycles. The Labute approximate surface area is 382 Å². The van der Waals surface area contributed by atoms with E-state index >= 15 is 8.78 Å². The van der Waals surface area contributed by atoms with Crippen LogP contribution in [-0.4, -0.2) is 116 Å². The molecule has 5 aromatic rings. The van der Waals surface area contributed by atoms with Gasteiger partial charge in [-0.3, -0.25) is 39.5 Å². The van der Waals surface area contributed by atoms with Crippen LogP contribution in [0.25, 0.3) is 11.1 Å². The van der Waals surface area contributed by atoms with Crippen molar-refractivity contribution >= 4 is 57.4 Å². The predicted octanol–water partition coefficient (Wildman–Crippen LogP) is 4.42. The summed E-state index contributed by atoms with van der Waals surface area (Å²) in [5.41, 5.74) is 3.17. The van der Waals surface area contributed by atoms with Gasteiger partial charge >= 0.3 is 0 Å². The number of piperidine rings is 2. The van der Waals surface area contributed by atoms with E-state index in [1.807, 2.05) is 38.6 Å². The number of nitrogens with zero attached hydrogens (tertiary/aromatic N) is 7. The summed E-state index contributed by atoms with van der Waals surface area (Å²) in [6.45, 7) is 3.94. The molecule has 0 radical (unpaired) electrons. The molecule has 7 heterocycles. The molecule has 2 atom stereocenters. The van der Waals surface area contributed by atoms with Gasteiger partial charge in [0.15, 0.2) is 11.2 Å². The number of aromatic nitrogens is 3. The molecular weight excluding hydrogens is 871 g/mol. The fraction of sp³-hybridized carbons (Fsp3) is 0.383. The SMILES string of the molecule is O=C1CCC(Nc2ccc(C3(O)CCN(CC(=O)N4CCN(c5ccc(-c6cc(F)c7c(c6)C(=O)N(C(C(=O)Nc6nccs6)c6ncn8c6CCC8)C7)cc5)CC4)CC3)c(F)c2)C(=O)N1. The van der Waals surface area contributed by atoms with Crippen molar-refractivity contribution in [3.05, 3.63) is 112 Å². The lowest BCUT2D eigenvalue weighted by molar-refractivity contribution is -0.134. The van der Waals surface area contributed by atoms with E-state index < -0.39 is 47.0 Å². The van der Waals surface area contributed by atoms with Gasteiger partial charge in [0.05, 0.1) is 30.7 Å². The maximum Gasteiger partial charge on any atom is 0.255 e. The lowest BCUT2D eigenvalue weighted by atomic mass is 9.84. The summed E-state index contributed by atoms with van der Waals surface area (Å²) in [5.74, 6) is -2.84. The average Bonchev–Trinajstić information content (AvgIpc) is 4.14. The zero-order chi connectivity index (χ0) is 45.7. The summed E-state index contributed by atoms with van der Waals surface area (Å²) in [4.78, 5) is 81.2. The molecule has 16 nitrogen and oxygen atoms in total. The van der Waals surface area contributed by atoms with E-state index in [0.29, 0.717) is 67.8 Å². The second-order valence-corrected chi connectivity index (χ2v) is 18.5. The summed E-state index contributed by atoms with van der Waals surface area (Å²) >= 11 is 1.26. The number of piperazine rings is 1. The smallest absolute Gasteiger partial charge is 0.255 e. The highest BCUT2D eigenvalue weighted by Gasteiger charge is 2.43. The lowest BCUT2D eigenvalue weighted by Gasteiger charge is -2.40. The molecule has 2 aromatic heterocycles. The fourth-order valence-electron chi connectivity index (χ4n) is 9.90. The monoisotopic (exact) mass is 918 g/mol. The number of imide groups is 1. The maximum atomic E-state index is 16.0. The molecular formula is C47H48F2N10O6S. The normalized spacial score (nSPS) is 20.0. The Morgan fingerprint density at radius 3 is 2.42 bits per heavy atom. The number of carbonyl (C=O) groups excluding carboxylic acids is 5. The number of hydrogen-bond acceptors (Lipinski definition) is 12. The zero-order valence-electron chi connectivity index (χ0n) is 36.0. The fourth-order valence-corrected chi connectivity index (χ4v) is 10.4. The first kappa shape index (κ1) is 43.3. The minimum absolute atomic E-state index is 0.0162. The molecule has 4 N–H and O–H groups in total. The number of aryl methyl sites for hydroxylation is 1. The molecule has 3 saturated heterocycles. The van der Waals surface area contributed by atoms with Crippen molar-refractivity contribution in [2.75, 3.05) is 61.3 Å². The summed E-state index contributed by atoms with van der Waals surface area (Å²) in [5, 5.41) is 21.7. The molecule has 66 heavy (non-hydrogen) atoms. The quantitative estimate of drug-likeness (QED) is 0.138. The van der Waals surface area contributed by atoms with Crippen LogP contribution in [0.1, 0.15) is 71.0 Å². The summed E-state index contributed by atoms with van der Waals surface area (Å²) in [7, 11) is 0. The molecule has 0 bridgehead atoms. The molecule has 19 heteroatoms. The van der Waals surface area contributed by atoms with E-state index in [2.05, 4.69) is 30.8 Å². The number of imidazole rings is 1. The van der Waals surface area contributed by atoms with E-state index in [4.69, 9.17) is 0 Å². The topological polar surface area (TPSA) is 185 Å². The van der Waals surface area contributed by atoms with Crippen LogP contribution in [0.2, 0.25) is 0 Å². The van der Waals surface area contributed by atoms with Crippen LogP contribution in [0.3, 0.4) is 0 Å². The van der Waals surface area contributed by atoms with Gasteiger partial charge < -0.3 is 29.7 Å². The minimum atomic E-state index is -1.40. The highest BCUT2D eigenvalue weighted by atomic mass is 32.1. The van der Waals surface area contributed by atoms with Gasteiger partial charge in [0, 0.05) is 97.6 Å². The van der Waals surface area contributed by atoms with E-state index in [1.165, 1.54) is 34.4 Å². The number of aliphatic hydroxyl groups is 1. The molecule has 342 valence electrons. The first-order valence-corrected chi connectivity index (χ1v) is 23.1. The third-order valence-electron chi connectivity index (χ3n) is 13.6. The van der Waals surface area contributed by atoms with E-state index in [-0.39, 0.29) is 60.9 Å². The molecule has 5 aliphatic rings. The van der Waals surface area contributed by atoms with Crippen LogP contribution in [0.4, 0.5) is 25.3 Å². The number of likely N-dealkylation sites (tertiary alicyclic amines) is 1. The van der Waals surface area contributed by atoms with Crippen molar-refractivity contribution in [1.29, 1.82) is 0 Å². The lowest BCUT2D eigenvalue weighted by Crippen LogP contribution is -2.52. The molecule has 3 aromatic carbocycles. The molecule has 5 aliphatic heterocycles. The number of halogens is 2. The minimum Gasteiger partial charge on any atom is -0.385 e. The largest absolute Gasteiger partial charge is 0.385 e. The van der Waals surface area contributed by atoms with Crippen molar-refractivity contribution in [2.24, 2.45) is 0 Å².